The van der Waals surface area contributed by atoms with Crippen molar-refractivity contribution in [1.82, 2.24) is 0 Å². The van der Waals surface area contributed by atoms with Crippen LogP contribution in [-0.4, -0.2) is 20.9 Å². The summed E-state index contributed by atoms with van der Waals surface area (Å²) in [5.74, 6) is 0.529. The summed E-state index contributed by atoms with van der Waals surface area (Å²) in [6.45, 7) is 4.03. The van der Waals surface area contributed by atoms with E-state index in [0.29, 0.717) is 23.0 Å². The first kappa shape index (κ1) is 21.4. The van der Waals surface area contributed by atoms with Gasteiger partial charge in [0.2, 0.25) is 0 Å². The monoisotopic (exact) mass is 424 g/mol. The van der Waals surface area contributed by atoms with Gasteiger partial charge in [-0.2, -0.15) is 0 Å². The number of hydrogen-bond acceptors (Lipinski definition) is 4. The zero-order valence-electron chi connectivity index (χ0n) is 16.8. The molecular weight excluding hydrogens is 400 g/mol. The number of carbonyl (C=O) groups is 1. The van der Waals surface area contributed by atoms with Crippen LogP contribution in [0.15, 0.2) is 83.8 Å². The molecule has 3 rings (SSSR count). The minimum absolute atomic E-state index is 0.105. The molecule has 0 bridgehead atoms. The molecule has 156 valence electrons. The van der Waals surface area contributed by atoms with E-state index < -0.39 is 10.0 Å². The molecule has 6 nitrogen and oxygen atoms in total. The molecule has 7 heteroatoms. The molecule has 0 atom stereocenters. The van der Waals surface area contributed by atoms with Crippen molar-refractivity contribution in [1.29, 1.82) is 0 Å². The predicted octanol–water partition coefficient (Wildman–Crippen LogP) is 4.63. The number of amides is 1. The van der Waals surface area contributed by atoms with Gasteiger partial charge in [-0.3, -0.25) is 9.52 Å². The van der Waals surface area contributed by atoms with Crippen molar-refractivity contribution in [2.24, 2.45) is 0 Å². The topological polar surface area (TPSA) is 84.5 Å². The highest BCUT2D eigenvalue weighted by molar-refractivity contribution is 7.92. The van der Waals surface area contributed by atoms with E-state index in [4.69, 9.17) is 4.74 Å². The first-order chi connectivity index (χ1) is 14.3. The summed E-state index contributed by atoms with van der Waals surface area (Å²) < 4.78 is 32.8. The molecule has 0 saturated carbocycles. The fraction of sp³-hybridized carbons (Fsp3) is 0.174. The third-order valence-corrected chi connectivity index (χ3v) is 5.79. The van der Waals surface area contributed by atoms with Crippen LogP contribution in [-0.2, 0) is 14.8 Å². The first-order valence-electron chi connectivity index (χ1n) is 9.54. The second-order valence-electron chi connectivity index (χ2n) is 7.06. The van der Waals surface area contributed by atoms with Crippen LogP contribution in [0.5, 0.6) is 5.75 Å². The van der Waals surface area contributed by atoms with Gasteiger partial charge in [0.1, 0.15) is 5.75 Å². The SMILES string of the molecule is CC(C)c1ccc(NC(=O)COc2ccc(S(=O)(=O)Nc3ccccc3)cc2)cc1. The van der Waals surface area contributed by atoms with Gasteiger partial charge in [0.05, 0.1) is 4.90 Å². The molecule has 0 aromatic heterocycles. The minimum Gasteiger partial charge on any atom is -0.484 e. The Kier molecular flexibility index (Phi) is 6.74. The van der Waals surface area contributed by atoms with E-state index in [1.54, 1.807) is 30.3 Å². The van der Waals surface area contributed by atoms with Gasteiger partial charge in [-0.25, -0.2) is 8.42 Å². The third-order valence-electron chi connectivity index (χ3n) is 4.39. The van der Waals surface area contributed by atoms with E-state index >= 15 is 0 Å². The molecule has 3 aromatic carbocycles. The summed E-state index contributed by atoms with van der Waals surface area (Å²) in [6.07, 6.45) is 0. The Morgan fingerprint density at radius 3 is 2.10 bits per heavy atom. The van der Waals surface area contributed by atoms with Crippen LogP contribution in [0.4, 0.5) is 11.4 Å². The zero-order valence-corrected chi connectivity index (χ0v) is 17.6. The Morgan fingerprint density at radius 1 is 0.867 bits per heavy atom. The smallest absolute Gasteiger partial charge is 0.262 e. The second kappa shape index (κ2) is 9.45. The van der Waals surface area contributed by atoms with Gasteiger partial charge in [0, 0.05) is 11.4 Å². The number of nitrogens with one attached hydrogen (secondary N) is 2. The van der Waals surface area contributed by atoms with Crippen molar-refractivity contribution in [3.8, 4) is 5.75 Å². The van der Waals surface area contributed by atoms with E-state index in [-0.39, 0.29) is 17.4 Å². The van der Waals surface area contributed by atoms with Crippen molar-refractivity contribution in [2.45, 2.75) is 24.7 Å². The van der Waals surface area contributed by atoms with Crippen molar-refractivity contribution in [3.05, 3.63) is 84.4 Å². The largest absolute Gasteiger partial charge is 0.484 e. The van der Waals surface area contributed by atoms with Gasteiger partial charge in [-0.15, -0.1) is 0 Å². The molecule has 0 radical (unpaired) electrons. The van der Waals surface area contributed by atoms with Crippen LogP contribution in [0.25, 0.3) is 0 Å². The molecule has 3 aromatic rings. The zero-order chi connectivity index (χ0) is 21.6. The lowest BCUT2D eigenvalue weighted by atomic mass is 10.0. The summed E-state index contributed by atoms with van der Waals surface area (Å²) in [6, 6.07) is 22.2. The molecule has 0 aliphatic carbocycles. The van der Waals surface area contributed by atoms with Crippen molar-refractivity contribution in [3.63, 3.8) is 0 Å². The Labute approximate surface area is 177 Å². The number of carbonyl (C=O) groups excluding carboxylic acids is 1. The van der Waals surface area contributed by atoms with E-state index in [2.05, 4.69) is 23.9 Å². The first-order valence-corrected chi connectivity index (χ1v) is 11.0. The molecule has 0 fully saturated rings. The number of rotatable bonds is 8. The molecule has 0 heterocycles. The van der Waals surface area contributed by atoms with Gasteiger partial charge in [0.15, 0.2) is 6.61 Å². The van der Waals surface area contributed by atoms with Crippen LogP contribution in [0.3, 0.4) is 0 Å². The van der Waals surface area contributed by atoms with Crippen LogP contribution < -0.4 is 14.8 Å². The lowest BCUT2D eigenvalue weighted by Crippen LogP contribution is -2.20. The summed E-state index contributed by atoms with van der Waals surface area (Å²) in [7, 11) is -3.70. The summed E-state index contributed by atoms with van der Waals surface area (Å²) in [4.78, 5) is 12.2. The van der Waals surface area contributed by atoms with Gasteiger partial charge in [-0.1, -0.05) is 44.2 Å². The second-order valence-corrected chi connectivity index (χ2v) is 8.74. The third kappa shape index (κ3) is 5.84. The van der Waals surface area contributed by atoms with Gasteiger partial charge in [-0.05, 0) is 60.0 Å². The van der Waals surface area contributed by atoms with Crippen molar-refractivity contribution in [2.75, 3.05) is 16.6 Å². The van der Waals surface area contributed by atoms with E-state index in [1.165, 1.54) is 29.8 Å². The Morgan fingerprint density at radius 2 is 1.50 bits per heavy atom. The maximum Gasteiger partial charge on any atom is 0.262 e. The summed E-state index contributed by atoms with van der Waals surface area (Å²) in [5.41, 5.74) is 2.37. The van der Waals surface area contributed by atoms with Crippen LogP contribution >= 0.6 is 0 Å². The highest BCUT2D eigenvalue weighted by Gasteiger charge is 2.14. The quantitative estimate of drug-likeness (QED) is 0.552. The number of ether oxygens (including phenoxy) is 1. The molecule has 0 saturated heterocycles. The summed E-state index contributed by atoms with van der Waals surface area (Å²) >= 11 is 0. The average Bonchev–Trinajstić information content (AvgIpc) is 2.73. The molecule has 1 amide bonds. The lowest BCUT2D eigenvalue weighted by Gasteiger charge is -2.11. The molecule has 0 spiro atoms. The molecule has 2 N–H and O–H groups in total. The fourth-order valence-electron chi connectivity index (χ4n) is 2.73. The van der Waals surface area contributed by atoms with Crippen molar-refractivity contribution >= 4 is 27.3 Å². The van der Waals surface area contributed by atoms with Gasteiger partial charge in [0.25, 0.3) is 15.9 Å². The molecule has 0 aliphatic rings. The maximum atomic E-state index is 12.4. The number of benzene rings is 3. The van der Waals surface area contributed by atoms with Gasteiger partial charge < -0.3 is 10.1 Å². The highest BCUT2D eigenvalue weighted by atomic mass is 32.2. The van der Waals surface area contributed by atoms with Crippen LogP contribution in [0.1, 0.15) is 25.3 Å². The summed E-state index contributed by atoms with van der Waals surface area (Å²) in [5, 5.41) is 2.77. The highest BCUT2D eigenvalue weighted by Crippen LogP contribution is 2.20. The molecule has 0 aliphatic heterocycles. The maximum absolute atomic E-state index is 12.4. The number of para-hydroxylation sites is 1. The number of sulfonamides is 1. The fourth-order valence-corrected chi connectivity index (χ4v) is 3.79. The standard InChI is InChI=1S/C23H24N2O4S/c1-17(2)18-8-10-19(11-9-18)24-23(26)16-29-21-12-14-22(15-13-21)30(27,28)25-20-6-4-3-5-7-20/h3-15,17,25H,16H2,1-2H3,(H,24,26). The Balaban J connectivity index is 1.54. The Bertz CT molecular complexity index is 1080. The van der Waals surface area contributed by atoms with E-state index in [0.717, 1.165) is 0 Å². The molecule has 30 heavy (non-hydrogen) atoms. The number of hydrogen-bond donors (Lipinski definition) is 2. The van der Waals surface area contributed by atoms with Crippen molar-refractivity contribution < 1.29 is 17.9 Å². The predicted molar refractivity (Wildman–Crippen MR) is 118 cm³/mol. The van der Waals surface area contributed by atoms with Crippen LogP contribution in [0.2, 0.25) is 0 Å². The lowest BCUT2D eigenvalue weighted by molar-refractivity contribution is -0.118. The molecular formula is C23H24N2O4S. The van der Waals surface area contributed by atoms with E-state index in [9.17, 15) is 13.2 Å². The van der Waals surface area contributed by atoms with Crippen LogP contribution in [0, 0.1) is 0 Å². The molecule has 0 unspecified atom stereocenters. The van der Waals surface area contributed by atoms with E-state index in [1.807, 2.05) is 24.3 Å². The normalized spacial score (nSPS) is 11.2. The minimum atomic E-state index is -3.70. The van der Waals surface area contributed by atoms with Gasteiger partial charge >= 0.3 is 0 Å². The average molecular weight is 425 g/mol. The Hall–Kier alpha value is -3.32. The number of anilines is 2.